The maximum absolute atomic E-state index is 11.9. The van der Waals surface area contributed by atoms with Gasteiger partial charge in [0.15, 0.2) is 6.61 Å². The molecule has 0 aliphatic heterocycles. The van der Waals surface area contributed by atoms with Crippen molar-refractivity contribution in [2.24, 2.45) is 0 Å². The minimum absolute atomic E-state index is 0.124. The number of benzene rings is 2. The average Bonchev–Trinajstić information content (AvgIpc) is 2.60. The van der Waals surface area contributed by atoms with Crippen molar-refractivity contribution in [3.8, 4) is 5.75 Å². The van der Waals surface area contributed by atoms with Gasteiger partial charge >= 0.3 is 11.9 Å². The number of hydrogen-bond acceptors (Lipinski definition) is 5. The molecule has 7 nitrogen and oxygen atoms in total. The van der Waals surface area contributed by atoms with E-state index in [9.17, 15) is 14.4 Å². The van der Waals surface area contributed by atoms with Gasteiger partial charge in [0.2, 0.25) is 0 Å². The number of esters is 1. The third-order valence-electron chi connectivity index (χ3n) is 3.08. The number of carboxylic acids is 1. The summed E-state index contributed by atoms with van der Waals surface area (Å²) in [5.74, 6) is -1.71. The summed E-state index contributed by atoms with van der Waals surface area (Å²) in [6.07, 6.45) is 0. The summed E-state index contributed by atoms with van der Waals surface area (Å²) in [6.45, 7) is -0.290. The Morgan fingerprint density at radius 1 is 1.04 bits per heavy atom. The topological polar surface area (TPSA) is 102 Å². The fraction of sp³-hybridized carbons (Fsp3) is 0.118. The largest absolute Gasteiger partial charge is 0.484 e. The minimum Gasteiger partial charge on any atom is -0.484 e. The summed E-state index contributed by atoms with van der Waals surface area (Å²) in [7, 11) is 1.25. The summed E-state index contributed by atoms with van der Waals surface area (Å²) in [5, 5.41) is 11.4. The quantitative estimate of drug-likeness (QED) is 0.788. The lowest BCUT2D eigenvalue weighted by Gasteiger charge is -2.10. The van der Waals surface area contributed by atoms with E-state index in [0.717, 1.165) is 0 Å². The molecule has 0 atom stereocenters. The first-order chi connectivity index (χ1) is 11.5. The molecular formula is C17H15NO6. The van der Waals surface area contributed by atoms with Crippen LogP contribution in [0, 0.1) is 0 Å². The first-order valence-corrected chi connectivity index (χ1v) is 6.94. The van der Waals surface area contributed by atoms with Crippen molar-refractivity contribution in [2.75, 3.05) is 19.0 Å². The smallest absolute Gasteiger partial charge is 0.339 e. The molecule has 0 saturated carbocycles. The third-order valence-corrected chi connectivity index (χ3v) is 3.08. The Balaban J connectivity index is 1.96. The van der Waals surface area contributed by atoms with Gasteiger partial charge in [-0.2, -0.15) is 0 Å². The van der Waals surface area contributed by atoms with E-state index in [0.29, 0.717) is 11.4 Å². The highest BCUT2D eigenvalue weighted by atomic mass is 16.5. The van der Waals surface area contributed by atoms with E-state index in [-0.39, 0.29) is 17.7 Å². The summed E-state index contributed by atoms with van der Waals surface area (Å²) in [6, 6.07) is 12.1. The molecule has 0 bridgehead atoms. The van der Waals surface area contributed by atoms with Crippen LogP contribution >= 0.6 is 0 Å². The number of para-hydroxylation sites is 1. The Morgan fingerprint density at radius 2 is 1.71 bits per heavy atom. The Kier molecular flexibility index (Phi) is 5.51. The van der Waals surface area contributed by atoms with Gasteiger partial charge in [0.1, 0.15) is 5.75 Å². The molecule has 0 unspecified atom stereocenters. The van der Waals surface area contributed by atoms with E-state index < -0.39 is 17.8 Å². The number of nitrogens with one attached hydrogen (secondary N) is 1. The lowest BCUT2D eigenvalue weighted by molar-refractivity contribution is -0.118. The first kappa shape index (κ1) is 17.0. The fourth-order valence-corrected chi connectivity index (χ4v) is 1.91. The number of carboxylic acid groups (broad SMARTS) is 1. The van der Waals surface area contributed by atoms with Gasteiger partial charge in [0.25, 0.3) is 5.91 Å². The van der Waals surface area contributed by atoms with Gasteiger partial charge in [-0.1, -0.05) is 12.1 Å². The lowest BCUT2D eigenvalue weighted by Crippen LogP contribution is -2.21. The molecule has 0 aliphatic carbocycles. The maximum atomic E-state index is 11.9. The van der Waals surface area contributed by atoms with E-state index in [2.05, 4.69) is 10.1 Å². The Hall–Kier alpha value is -3.35. The number of anilines is 1. The molecular weight excluding hydrogens is 314 g/mol. The summed E-state index contributed by atoms with van der Waals surface area (Å²) < 4.78 is 9.93. The van der Waals surface area contributed by atoms with Gasteiger partial charge in [-0.05, 0) is 36.4 Å². The molecule has 2 aromatic rings. The molecule has 0 radical (unpaired) electrons. The van der Waals surface area contributed by atoms with Crippen LogP contribution in [0.5, 0.6) is 5.75 Å². The molecule has 0 spiro atoms. The summed E-state index contributed by atoms with van der Waals surface area (Å²) in [5.41, 5.74) is 0.678. The number of ether oxygens (including phenoxy) is 2. The van der Waals surface area contributed by atoms with Crippen LogP contribution in [-0.4, -0.2) is 36.7 Å². The van der Waals surface area contributed by atoms with Crippen molar-refractivity contribution in [1.82, 2.24) is 0 Å². The predicted molar refractivity (Wildman–Crippen MR) is 85.3 cm³/mol. The zero-order valence-corrected chi connectivity index (χ0v) is 12.8. The highest BCUT2D eigenvalue weighted by Gasteiger charge is 2.13. The number of hydrogen-bond donors (Lipinski definition) is 2. The molecule has 7 heteroatoms. The predicted octanol–water partition coefficient (Wildman–Crippen LogP) is 2.19. The maximum Gasteiger partial charge on any atom is 0.339 e. The molecule has 2 N–H and O–H groups in total. The number of methoxy groups -OCH3 is 1. The van der Waals surface area contributed by atoms with Gasteiger partial charge in [-0.25, -0.2) is 9.59 Å². The average molecular weight is 329 g/mol. The monoisotopic (exact) mass is 329 g/mol. The Bertz CT molecular complexity index is 754. The zero-order valence-electron chi connectivity index (χ0n) is 12.8. The Labute approximate surface area is 137 Å². The number of aromatic carboxylic acids is 1. The molecule has 0 fully saturated rings. The second kappa shape index (κ2) is 7.77. The first-order valence-electron chi connectivity index (χ1n) is 6.94. The highest BCUT2D eigenvalue weighted by Crippen LogP contribution is 2.16. The molecule has 124 valence electrons. The van der Waals surface area contributed by atoms with Gasteiger partial charge in [-0.15, -0.1) is 0 Å². The minimum atomic E-state index is -1.04. The molecule has 2 rings (SSSR count). The molecule has 0 saturated heterocycles. The molecule has 0 heterocycles. The van der Waals surface area contributed by atoms with E-state index >= 15 is 0 Å². The standard InChI is InChI=1S/C17H15NO6/c1-23-17(22)13-4-2-3-5-14(13)18-15(19)10-24-12-8-6-11(7-9-12)16(20)21/h2-9H,10H2,1H3,(H,18,19)(H,20,21). The van der Waals surface area contributed by atoms with Crippen LogP contribution in [0.3, 0.4) is 0 Å². The van der Waals surface area contributed by atoms with Crippen molar-refractivity contribution in [3.63, 3.8) is 0 Å². The SMILES string of the molecule is COC(=O)c1ccccc1NC(=O)COc1ccc(C(=O)O)cc1. The van der Waals surface area contributed by atoms with E-state index in [1.165, 1.54) is 37.4 Å². The number of amides is 1. The van der Waals surface area contributed by atoms with Crippen molar-refractivity contribution < 1.29 is 29.0 Å². The van der Waals surface area contributed by atoms with Gasteiger partial charge in [-0.3, -0.25) is 4.79 Å². The second-order valence-electron chi connectivity index (χ2n) is 4.70. The molecule has 0 aliphatic rings. The molecule has 24 heavy (non-hydrogen) atoms. The van der Waals surface area contributed by atoms with Gasteiger partial charge < -0.3 is 19.9 Å². The van der Waals surface area contributed by atoms with E-state index in [1.807, 2.05) is 0 Å². The van der Waals surface area contributed by atoms with E-state index in [1.54, 1.807) is 18.2 Å². The van der Waals surface area contributed by atoms with Gasteiger partial charge in [0.05, 0.1) is 23.9 Å². The zero-order chi connectivity index (χ0) is 17.5. The van der Waals surface area contributed by atoms with Crippen molar-refractivity contribution in [1.29, 1.82) is 0 Å². The Morgan fingerprint density at radius 3 is 2.33 bits per heavy atom. The molecule has 0 aromatic heterocycles. The fourth-order valence-electron chi connectivity index (χ4n) is 1.91. The lowest BCUT2D eigenvalue weighted by atomic mass is 10.2. The number of carbonyl (C=O) groups excluding carboxylic acids is 2. The second-order valence-corrected chi connectivity index (χ2v) is 4.70. The van der Waals surface area contributed by atoms with Crippen LogP contribution in [-0.2, 0) is 9.53 Å². The van der Waals surface area contributed by atoms with Crippen molar-refractivity contribution in [2.45, 2.75) is 0 Å². The van der Waals surface area contributed by atoms with Crippen LogP contribution < -0.4 is 10.1 Å². The third kappa shape index (κ3) is 4.33. The highest BCUT2D eigenvalue weighted by molar-refractivity contribution is 6.01. The molecule has 2 aromatic carbocycles. The van der Waals surface area contributed by atoms with Crippen LogP contribution in [0.2, 0.25) is 0 Å². The van der Waals surface area contributed by atoms with Crippen molar-refractivity contribution >= 4 is 23.5 Å². The van der Waals surface area contributed by atoms with E-state index in [4.69, 9.17) is 9.84 Å². The summed E-state index contributed by atoms with van der Waals surface area (Å²) in [4.78, 5) is 34.3. The summed E-state index contributed by atoms with van der Waals surface area (Å²) >= 11 is 0. The number of rotatable bonds is 6. The van der Waals surface area contributed by atoms with Crippen LogP contribution in [0.1, 0.15) is 20.7 Å². The van der Waals surface area contributed by atoms with Crippen LogP contribution in [0.25, 0.3) is 0 Å². The van der Waals surface area contributed by atoms with Crippen molar-refractivity contribution in [3.05, 3.63) is 59.7 Å². The van der Waals surface area contributed by atoms with Gasteiger partial charge in [0, 0.05) is 0 Å². The normalized spacial score (nSPS) is 9.88. The van der Waals surface area contributed by atoms with Crippen LogP contribution in [0.15, 0.2) is 48.5 Å². The van der Waals surface area contributed by atoms with Crippen LogP contribution in [0.4, 0.5) is 5.69 Å². The number of carbonyl (C=O) groups is 3. The molecule has 1 amide bonds.